The summed E-state index contributed by atoms with van der Waals surface area (Å²) in [5.41, 5.74) is 2.89. The second-order valence-electron chi connectivity index (χ2n) is 6.43. The van der Waals surface area contributed by atoms with Gasteiger partial charge in [-0.1, -0.05) is 23.3 Å². The monoisotopic (exact) mass is 297 g/mol. The molecule has 2 aliphatic carbocycles. The van der Waals surface area contributed by atoms with Gasteiger partial charge in [-0.05, 0) is 38.1 Å². The van der Waals surface area contributed by atoms with E-state index < -0.39 is 0 Å². The van der Waals surface area contributed by atoms with Gasteiger partial charge in [0, 0.05) is 11.8 Å². The van der Waals surface area contributed by atoms with Crippen molar-refractivity contribution < 1.29 is 14.0 Å². The summed E-state index contributed by atoms with van der Waals surface area (Å²) in [7, 11) is 0. The predicted octanol–water partition coefficient (Wildman–Crippen LogP) is 3.08. The van der Waals surface area contributed by atoms with Crippen LogP contribution in [-0.2, 0) is 9.59 Å². The lowest BCUT2D eigenvalue weighted by molar-refractivity contribution is -0.122. The summed E-state index contributed by atoms with van der Waals surface area (Å²) >= 11 is 0. The molecule has 1 aromatic carbocycles. The average Bonchev–Trinajstić information content (AvgIpc) is 3.11. The lowest BCUT2D eigenvalue weighted by atomic mass is 9.85. The van der Waals surface area contributed by atoms with Gasteiger partial charge in [-0.3, -0.25) is 9.59 Å². The number of rotatable bonds is 1. The van der Waals surface area contributed by atoms with Gasteiger partial charge in [0.25, 0.3) is 0 Å². The first kappa shape index (κ1) is 13.4. The van der Waals surface area contributed by atoms with Crippen LogP contribution in [0, 0.1) is 29.5 Å². The normalized spacial score (nSPS) is 32.1. The molecule has 22 heavy (non-hydrogen) atoms. The number of benzene rings is 1. The number of imide groups is 1. The fraction of sp³-hybridized carbons (Fsp3) is 0.333. The second-order valence-corrected chi connectivity index (χ2v) is 6.43. The van der Waals surface area contributed by atoms with Crippen LogP contribution >= 0.6 is 0 Å². The summed E-state index contributed by atoms with van der Waals surface area (Å²) in [5, 5.41) is 0. The van der Waals surface area contributed by atoms with E-state index in [1.54, 1.807) is 0 Å². The molecule has 3 nitrogen and oxygen atoms in total. The van der Waals surface area contributed by atoms with E-state index in [0.717, 1.165) is 0 Å². The summed E-state index contributed by atoms with van der Waals surface area (Å²) in [6, 6.07) is 5.53. The maximum atomic E-state index is 13.1. The molecule has 1 saturated heterocycles. The van der Waals surface area contributed by atoms with Crippen LogP contribution in [0.5, 0.6) is 0 Å². The van der Waals surface area contributed by atoms with E-state index in [4.69, 9.17) is 0 Å². The molecule has 1 aliphatic heterocycles. The van der Waals surface area contributed by atoms with E-state index in [9.17, 15) is 14.0 Å². The summed E-state index contributed by atoms with van der Waals surface area (Å²) in [4.78, 5) is 26.8. The molecule has 0 spiro atoms. The van der Waals surface area contributed by atoms with Crippen molar-refractivity contribution in [3.05, 3.63) is 53.4 Å². The topological polar surface area (TPSA) is 37.4 Å². The van der Waals surface area contributed by atoms with Gasteiger partial charge < -0.3 is 0 Å². The zero-order valence-electron chi connectivity index (χ0n) is 12.4. The minimum absolute atomic E-state index is 0.0434. The molecule has 0 N–H and O–H groups in total. The lowest BCUT2D eigenvalue weighted by Crippen LogP contribution is -2.33. The molecule has 4 rings (SSSR count). The van der Waals surface area contributed by atoms with Gasteiger partial charge in [0.1, 0.15) is 5.82 Å². The zero-order valence-corrected chi connectivity index (χ0v) is 12.4. The van der Waals surface area contributed by atoms with E-state index in [2.05, 4.69) is 12.2 Å². The molecule has 4 atom stereocenters. The quantitative estimate of drug-likeness (QED) is 0.590. The largest absolute Gasteiger partial charge is 0.274 e. The van der Waals surface area contributed by atoms with E-state index in [1.165, 1.54) is 40.3 Å². The molecular weight excluding hydrogens is 281 g/mol. The van der Waals surface area contributed by atoms with Gasteiger partial charge in [-0.15, -0.1) is 0 Å². The van der Waals surface area contributed by atoms with Crippen LogP contribution in [0.1, 0.15) is 13.8 Å². The Balaban J connectivity index is 1.76. The average molecular weight is 297 g/mol. The van der Waals surface area contributed by atoms with Crippen molar-refractivity contribution in [3.63, 3.8) is 0 Å². The van der Waals surface area contributed by atoms with Crippen molar-refractivity contribution in [2.75, 3.05) is 4.90 Å². The van der Waals surface area contributed by atoms with Gasteiger partial charge in [0.15, 0.2) is 0 Å². The van der Waals surface area contributed by atoms with Crippen LogP contribution in [0.3, 0.4) is 0 Å². The summed E-state index contributed by atoms with van der Waals surface area (Å²) < 4.78 is 13.1. The molecule has 1 heterocycles. The van der Waals surface area contributed by atoms with Crippen molar-refractivity contribution in [2.24, 2.45) is 23.7 Å². The lowest BCUT2D eigenvalue weighted by Gasteiger charge is -2.19. The van der Waals surface area contributed by atoms with Crippen LogP contribution in [0.15, 0.2) is 47.6 Å². The Morgan fingerprint density at radius 1 is 0.955 bits per heavy atom. The highest BCUT2D eigenvalue weighted by molar-refractivity contribution is 6.23. The molecule has 2 amide bonds. The molecule has 0 aromatic heterocycles. The maximum Gasteiger partial charge on any atom is 0.238 e. The van der Waals surface area contributed by atoms with Crippen LogP contribution in [-0.4, -0.2) is 11.8 Å². The predicted molar refractivity (Wildman–Crippen MR) is 80.4 cm³/mol. The summed E-state index contributed by atoms with van der Waals surface area (Å²) in [5.74, 6) is -1.19. The number of halogens is 1. The van der Waals surface area contributed by atoms with Crippen molar-refractivity contribution in [2.45, 2.75) is 13.8 Å². The van der Waals surface area contributed by atoms with E-state index in [0.29, 0.717) is 5.69 Å². The highest BCUT2D eigenvalue weighted by Gasteiger charge is 2.61. The Labute approximate surface area is 128 Å². The van der Waals surface area contributed by atoms with Crippen molar-refractivity contribution >= 4 is 17.5 Å². The van der Waals surface area contributed by atoms with Gasteiger partial charge in [-0.25, -0.2) is 9.29 Å². The van der Waals surface area contributed by atoms with E-state index >= 15 is 0 Å². The third-order valence-corrected chi connectivity index (χ3v) is 5.08. The number of carbonyl (C=O) groups excluding carboxylic acids is 2. The molecule has 1 aromatic rings. The third-order valence-electron chi connectivity index (χ3n) is 5.08. The molecule has 3 aliphatic rings. The van der Waals surface area contributed by atoms with E-state index in [-0.39, 0.29) is 41.3 Å². The number of fused-ring (bicyclic) bond motifs is 5. The zero-order chi connectivity index (χ0) is 15.6. The number of hydrogen-bond donors (Lipinski definition) is 0. The SMILES string of the molecule is CC(C)=C1C2C=CC1C1C(=O)N(c3ccc(F)cc3)C(=O)C21. The molecule has 4 heteroatoms. The van der Waals surface area contributed by atoms with Gasteiger partial charge >= 0.3 is 0 Å². The first-order valence-corrected chi connectivity index (χ1v) is 7.49. The Kier molecular flexibility index (Phi) is 2.68. The van der Waals surface area contributed by atoms with Crippen molar-refractivity contribution in [1.82, 2.24) is 0 Å². The molecule has 4 unspecified atom stereocenters. The van der Waals surface area contributed by atoms with Gasteiger partial charge in [0.2, 0.25) is 11.8 Å². The van der Waals surface area contributed by atoms with Gasteiger partial charge in [-0.2, -0.15) is 0 Å². The Hall–Kier alpha value is -2.23. The Morgan fingerprint density at radius 3 is 1.91 bits per heavy atom. The number of anilines is 1. The summed E-state index contributed by atoms with van der Waals surface area (Å²) in [6.45, 7) is 4.08. The smallest absolute Gasteiger partial charge is 0.238 e. The van der Waals surface area contributed by atoms with Crippen molar-refractivity contribution in [1.29, 1.82) is 0 Å². The molecule has 1 saturated carbocycles. The van der Waals surface area contributed by atoms with Crippen LogP contribution in [0.2, 0.25) is 0 Å². The highest BCUT2D eigenvalue weighted by Crippen LogP contribution is 2.57. The molecule has 2 fully saturated rings. The number of hydrogen-bond acceptors (Lipinski definition) is 2. The molecule has 2 bridgehead atoms. The maximum absolute atomic E-state index is 13.1. The first-order valence-electron chi connectivity index (χ1n) is 7.49. The van der Waals surface area contributed by atoms with Crippen LogP contribution in [0.25, 0.3) is 0 Å². The number of nitrogens with zero attached hydrogens (tertiary/aromatic N) is 1. The fourth-order valence-corrected chi connectivity index (χ4v) is 4.27. The number of carbonyl (C=O) groups is 2. The molecule has 0 radical (unpaired) electrons. The fourth-order valence-electron chi connectivity index (χ4n) is 4.27. The van der Waals surface area contributed by atoms with E-state index in [1.807, 2.05) is 13.8 Å². The van der Waals surface area contributed by atoms with Gasteiger partial charge in [0.05, 0.1) is 17.5 Å². The molecular formula is C18H16FNO2. The Bertz CT molecular complexity index is 709. The Morgan fingerprint density at radius 2 is 1.45 bits per heavy atom. The first-order chi connectivity index (χ1) is 10.5. The standard InChI is InChI=1S/C18H16FNO2/c1-9(2)14-12-7-8-13(14)16-15(12)17(21)20(18(16)22)11-5-3-10(19)4-6-11/h3-8,12-13,15-16H,1-2H3. The minimum Gasteiger partial charge on any atom is -0.274 e. The summed E-state index contributed by atoms with van der Waals surface area (Å²) in [6.07, 6.45) is 4.13. The second kappa shape index (κ2) is 4.38. The van der Waals surface area contributed by atoms with Crippen LogP contribution in [0.4, 0.5) is 10.1 Å². The molecule has 112 valence electrons. The van der Waals surface area contributed by atoms with Crippen LogP contribution < -0.4 is 4.90 Å². The number of amides is 2. The third kappa shape index (κ3) is 1.55. The minimum atomic E-state index is -0.378. The highest BCUT2D eigenvalue weighted by atomic mass is 19.1. The number of allylic oxidation sites excluding steroid dienone is 4. The van der Waals surface area contributed by atoms with Crippen molar-refractivity contribution in [3.8, 4) is 0 Å².